The van der Waals surface area contributed by atoms with Gasteiger partial charge in [-0.3, -0.25) is 4.98 Å². The SMILES string of the molecule is Cc1cc(C)cc(N2C(=S)NC(c3ccccn3)C2c2cc(C)n(-c3cc(C)ccc3C)c2C)c1. The van der Waals surface area contributed by atoms with Crippen molar-refractivity contribution in [2.24, 2.45) is 0 Å². The van der Waals surface area contributed by atoms with Crippen LogP contribution in [0.4, 0.5) is 5.69 Å². The highest BCUT2D eigenvalue weighted by molar-refractivity contribution is 7.80. The monoisotopic (exact) mass is 480 g/mol. The van der Waals surface area contributed by atoms with Crippen molar-refractivity contribution >= 4 is 23.0 Å². The van der Waals surface area contributed by atoms with Crippen molar-refractivity contribution in [3.8, 4) is 5.69 Å². The Morgan fingerprint density at radius 3 is 2.26 bits per heavy atom. The highest BCUT2D eigenvalue weighted by Gasteiger charge is 2.42. The fourth-order valence-electron chi connectivity index (χ4n) is 5.46. The van der Waals surface area contributed by atoms with Crippen molar-refractivity contribution < 1.29 is 0 Å². The van der Waals surface area contributed by atoms with Crippen LogP contribution in [-0.2, 0) is 0 Å². The Bertz CT molecular complexity index is 1400. The first kappa shape index (κ1) is 23.3. The normalized spacial score (nSPS) is 17.7. The van der Waals surface area contributed by atoms with Gasteiger partial charge in [-0.05, 0) is 118 Å². The molecule has 1 saturated heterocycles. The Hall–Kier alpha value is -3.44. The standard InChI is InChI=1S/C30H32N4S/c1-18-10-11-21(4)27(16-18)33-22(5)17-25(23(33)6)29-28(26-9-7-8-12-31-26)32-30(35)34(29)24-14-19(2)13-20(3)15-24/h7-17,28-29H,1-6H3,(H,32,35). The van der Waals surface area contributed by atoms with E-state index < -0.39 is 0 Å². The Kier molecular flexibility index (Phi) is 5.97. The number of pyridine rings is 1. The minimum Gasteiger partial charge on any atom is -0.351 e. The number of hydrogen-bond acceptors (Lipinski definition) is 2. The highest BCUT2D eigenvalue weighted by Crippen LogP contribution is 2.44. The van der Waals surface area contributed by atoms with Crippen molar-refractivity contribution in [1.29, 1.82) is 0 Å². The van der Waals surface area contributed by atoms with Gasteiger partial charge in [0.15, 0.2) is 5.11 Å². The van der Waals surface area contributed by atoms with Crippen LogP contribution in [0.3, 0.4) is 0 Å². The van der Waals surface area contributed by atoms with Gasteiger partial charge in [0.25, 0.3) is 0 Å². The molecule has 2 aromatic heterocycles. The molecule has 0 amide bonds. The van der Waals surface area contributed by atoms with Crippen molar-refractivity contribution in [3.05, 3.63) is 112 Å². The first-order valence-electron chi connectivity index (χ1n) is 12.1. The number of nitrogens with zero attached hydrogens (tertiary/aromatic N) is 3. The fraction of sp³-hybridized carbons (Fsp3) is 0.267. The molecule has 0 radical (unpaired) electrons. The van der Waals surface area contributed by atoms with Gasteiger partial charge in [0.05, 0.1) is 17.8 Å². The molecular formula is C30H32N4S. The average molecular weight is 481 g/mol. The van der Waals surface area contributed by atoms with Crippen LogP contribution in [0, 0.1) is 41.5 Å². The number of aryl methyl sites for hydroxylation is 5. The van der Waals surface area contributed by atoms with Gasteiger partial charge in [-0.25, -0.2) is 0 Å². The maximum Gasteiger partial charge on any atom is 0.174 e. The quantitative estimate of drug-likeness (QED) is 0.322. The molecule has 0 aliphatic carbocycles. The molecular weight excluding hydrogens is 448 g/mol. The van der Waals surface area contributed by atoms with E-state index in [0.29, 0.717) is 0 Å². The lowest BCUT2D eigenvalue weighted by molar-refractivity contribution is 0.565. The molecule has 4 aromatic rings. The third kappa shape index (κ3) is 4.14. The predicted octanol–water partition coefficient (Wildman–Crippen LogP) is 6.90. The van der Waals surface area contributed by atoms with E-state index in [-0.39, 0.29) is 12.1 Å². The zero-order chi connectivity index (χ0) is 24.9. The van der Waals surface area contributed by atoms with Crippen LogP contribution < -0.4 is 10.2 Å². The maximum absolute atomic E-state index is 5.96. The van der Waals surface area contributed by atoms with Gasteiger partial charge in [0, 0.05) is 29.0 Å². The number of aromatic nitrogens is 2. The summed E-state index contributed by atoms with van der Waals surface area (Å²) < 4.78 is 2.38. The molecule has 3 heterocycles. The van der Waals surface area contributed by atoms with Crippen molar-refractivity contribution in [2.75, 3.05) is 4.90 Å². The second kappa shape index (κ2) is 8.97. The number of nitrogens with one attached hydrogen (secondary N) is 1. The van der Waals surface area contributed by atoms with E-state index in [0.717, 1.165) is 16.5 Å². The summed E-state index contributed by atoms with van der Waals surface area (Å²) in [6.07, 6.45) is 1.86. The van der Waals surface area contributed by atoms with E-state index in [9.17, 15) is 0 Å². The maximum atomic E-state index is 5.96. The lowest BCUT2D eigenvalue weighted by Gasteiger charge is -2.29. The molecule has 5 heteroatoms. The van der Waals surface area contributed by atoms with E-state index in [1.807, 2.05) is 18.3 Å². The minimum absolute atomic E-state index is 0.0244. The van der Waals surface area contributed by atoms with Crippen LogP contribution >= 0.6 is 12.2 Å². The molecule has 178 valence electrons. The second-order valence-electron chi connectivity index (χ2n) is 9.79. The molecule has 5 rings (SSSR count). The Morgan fingerprint density at radius 2 is 1.57 bits per heavy atom. The molecule has 1 N–H and O–H groups in total. The molecule has 35 heavy (non-hydrogen) atoms. The van der Waals surface area contributed by atoms with Crippen molar-refractivity contribution in [3.63, 3.8) is 0 Å². The fourth-order valence-corrected chi connectivity index (χ4v) is 5.80. The molecule has 0 spiro atoms. The van der Waals surface area contributed by atoms with Gasteiger partial charge in [0.2, 0.25) is 0 Å². The summed E-state index contributed by atoms with van der Waals surface area (Å²) in [5.74, 6) is 0. The summed E-state index contributed by atoms with van der Waals surface area (Å²) in [4.78, 5) is 7.00. The van der Waals surface area contributed by atoms with Crippen LogP contribution in [0.25, 0.3) is 5.69 Å². The lowest BCUT2D eigenvalue weighted by Crippen LogP contribution is -2.29. The Morgan fingerprint density at radius 1 is 0.829 bits per heavy atom. The lowest BCUT2D eigenvalue weighted by atomic mass is 9.96. The van der Waals surface area contributed by atoms with E-state index in [4.69, 9.17) is 17.2 Å². The molecule has 4 nitrogen and oxygen atoms in total. The molecule has 1 aliphatic heterocycles. The topological polar surface area (TPSA) is 33.1 Å². The molecule has 0 saturated carbocycles. The summed E-state index contributed by atoms with van der Waals surface area (Å²) >= 11 is 5.96. The number of anilines is 1. The molecule has 1 aliphatic rings. The van der Waals surface area contributed by atoms with E-state index in [1.165, 1.54) is 44.9 Å². The third-order valence-corrected chi connectivity index (χ3v) is 7.29. The van der Waals surface area contributed by atoms with E-state index >= 15 is 0 Å². The molecule has 2 aromatic carbocycles. The zero-order valence-electron chi connectivity index (χ0n) is 21.3. The molecule has 2 atom stereocenters. The van der Waals surface area contributed by atoms with Crippen molar-refractivity contribution in [2.45, 2.75) is 53.6 Å². The summed E-state index contributed by atoms with van der Waals surface area (Å²) in [5, 5.41) is 4.34. The summed E-state index contributed by atoms with van der Waals surface area (Å²) in [6, 6.07) is 21.6. The molecule has 2 unspecified atom stereocenters. The van der Waals surface area contributed by atoms with Gasteiger partial charge in [-0.15, -0.1) is 0 Å². The summed E-state index contributed by atoms with van der Waals surface area (Å²) in [7, 11) is 0. The number of thiocarbonyl (C=S) groups is 1. The average Bonchev–Trinajstić information content (AvgIpc) is 3.30. The number of benzene rings is 2. The predicted molar refractivity (Wildman–Crippen MR) is 149 cm³/mol. The third-order valence-electron chi connectivity index (χ3n) is 6.98. The highest BCUT2D eigenvalue weighted by atomic mass is 32.1. The van der Waals surface area contributed by atoms with Gasteiger partial charge >= 0.3 is 0 Å². The second-order valence-corrected chi connectivity index (χ2v) is 10.2. The summed E-state index contributed by atoms with van der Waals surface area (Å²) in [6.45, 7) is 13.0. The smallest absolute Gasteiger partial charge is 0.174 e. The largest absolute Gasteiger partial charge is 0.351 e. The zero-order valence-corrected chi connectivity index (χ0v) is 22.1. The summed E-state index contributed by atoms with van der Waals surface area (Å²) in [5.41, 5.74) is 12.0. The number of hydrogen-bond donors (Lipinski definition) is 1. The molecule has 0 bridgehead atoms. The van der Waals surface area contributed by atoms with Gasteiger partial charge in [0.1, 0.15) is 0 Å². The van der Waals surface area contributed by atoms with E-state index in [2.05, 4.69) is 105 Å². The Balaban J connectivity index is 1.72. The van der Waals surface area contributed by atoms with Crippen LogP contribution in [0.1, 0.15) is 57.0 Å². The van der Waals surface area contributed by atoms with Crippen molar-refractivity contribution in [1.82, 2.24) is 14.9 Å². The first-order chi connectivity index (χ1) is 16.7. The van der Waals surface area contributed by atoms with E-state index in [1.54, 1.807) is 0 Å². The molecule has 1 fully saturated rings. The van der Waals surface area contributed by atoms with Crippen LogP contribution in [-0.4, -0.2) is 14.7 Å². The number of rotatable bonds is 4. The van der Waals surface area contributed by atoms with Crippen LogP contribution in [0.2, 0.25) is 0 Å². The first-order valence-corrected chi connectivity index (χ1v) is 12.5. The van der Waals surface area contributed by atoms with Gasteiger partial charge in [-0.1, -0.05) is 24.3 Å². The van der Waals surface area contributed by atoms with Crippen LogP contribution in [0.15, 0.2) is 66.9 Å². The van der Waals surface area contributed by atoms with Crippen LogP contribution in [0.5, 0.6) is 0 Å². The minimum atomic E-state index is -0.0583. The van der Waals surface area contributed by atoms with Gasteiger partial charge < -0.3 is 14.8 Å². The Labute approximate surface area is 213 Å². The van der Waals surface area contributed by atoms with Gasteiger partial charge in [-0.2, -0.15) is 0 Å².